The van der Waals surface area contributed by atoms with Crippen LogP contribution in [0.4, 0.5) is 5.69 Å². The van der Waals surface area contributed by atoms with E-state index < -0.39 is 11.4 Å². The van der Waals surface area contributed by atoms with Gasteiger partial charge in [-0.15, -0.1) is 0 Å². The highest BCUT2D eigenvalue weighted by atomic mass is 16.4. The van der Waals surface area contributed by atoms with E-state index in [1.54, 1.807) is 0 Å². The molecule has 3 rings (SSSR count). The molecule has 3 heteroatoms. The maximum atomic E-state index is 11.9. The number of aryl methyl sites for hydroxylation is 1. The van der Waals surface area contributed by atoms with Crippen LogP contribution in [-0.4, -0.2) is 17.6 Å². The minimum Gasteiger partial charge on any atom is -0.481 e. The Morgan fingerprint density at radius 2 is 1.81 bits per heavy atom. The highest BCUT2D eigenvalue weighted by Gasteiger charge is 2.41. The van der Waals surface area contributed by atoms with Gasteiger partial charge in [-0.1, -0.05) is 48.5 Å². The highest BCUT2D eigenvalue weighted by Crippen LogP contribution is 2.36. The average Bonchev–Trinajstić information content (AvgIpc) is 2.53. The lowest BCUT2D eigenvalue weighted by Gasteiger charge is -2.35. The van der Waals surface area contributed by atoms with Crippen molar-refractivity contribution in [3.05, 3.63) is 65.7 Å². The zero-order valence-corrected chi connectivity index (χ0v) is 11.9. The smallest absolute Gasteiger partial charge is 0.311 e. The number of para-hydroxylation sites is 1. The summed E-state index contributed by atoms with van der Waals surface area (Å²) in [7, 11) is 0. The zero-order valence-electron chi connectivity index (χ0n) is 11.9. The fraction of sp³-hybridized carbons (Fsp3) is 0.278. The highest BCUT2D eigenvalue weighted by molar-refractivity contribution is 5.78. The summed E-state index contributed by atoms with van der Waals surface area (Å²) >= 11 is 0. The predicted octanol–water partition coefficient (Wildman–Crippen LogP) is 3.36. The van der Waals surface area contributed by atoms with Gasteiger partial charge in [-0.05, 0) is 36.5 Å². The molecule has 3 nitrogen and oxygen atoms in total. The Morgan fingerprint density at radius 3 is 2.57 bits per heavy atom. The van der Waals surface area contributed by atoms with Crippen molar-refractivity contribution < 1.29 is 9.90 Å². The lowest BCUT2D eigenvalue weighted by Crippen LogP contribution is -2.43. The largest absolute Gasteiger partial charge is 0.481 e. The maximum Gasteiger partial charge on any atom is 0.311 e. The maximum absolute atomic E-state index is 11.9. The Kier molecular flexibility index (Phi) is 3.65. The number of anilines is 1. The van der Waals surface area contributed by atoms with Crippen LogP contribution in [0.1, 0.15) is 17.5 Å². The van der Waals surface area contributed by atoms with Gasteiger partial charge in [-0.3, -0.25) is 4.79 Å². The predicted molar refractivity (Wildman–Crippen MR) is 83.5 cm³/mol. The molecule has 0 bridgehead atoms. The second-order valence-corrected chi connectivity index (χ2v) is 5.76. The van der Waals surface area contributed by atoms with E-state index >= 15 is 0 Å². The molecule has 1 aliphatic rings. The van der Waals surface area contributed by atoms with Crippen LogP contribution in [0.25, 0.3) is 0 Å². The topological polar surface area (TPSA) is 49.3 Å². The van der Waals surface area contributed by atoms with Crippen molar-refractivity contribution in [1.29, 1.82) is 0 Å². The van der Waals surface area contributed by atoms with Gasteiger partial charge in [0, 0.05) is 12.2 Å². The van der Waals surface area contributed by atoms with Crippen molar-refractivity contribution in [1.82, 2.24) is 0 Å². The molecule has 0 saturated heterocycles. The van der Waals surface area contributed by atoms with E-state index in [1.165, 1.54) is 5.56 Å². The van der Waals surface area contributed by atoms with Crippen molar-refractivity contribution in [3.8, 4) is 0 Å². The van der Waals surface area contributed by atoms with Gasteiger partial charge >= 0.3 is 5.97 Å². The van der Waals surface area contributed by atoms with Crippen molar-refractivity contribution in [3.63, 3.8) is 0 Å². The minimum absolute atomic E-state index is 0.492. The average molecular weight is 281 g/mol. The molecular weight excluding hydrogens is 262 g/mol. The first-order chi connectivity index (χ1) is 10.2. The van der Waals surface area contributed by atoms with Crippen molar-refractivity contribution in [2.75, 3.05) is 11.9 Å². The van der Waals surface area contributed by atoms with Crippen LogP contribution in [0.5, 0.6) is 0 Å². The summed E-state index contributed by atoms with van der Waals surface area (Å²) < 4.78 is 0. The molecule has 2 aromatic rings. The van der Waals surface area contributed by atoms with E-state index in [0.29, 0.717) is 19.4 Å². The van der Waals surface area contributed by atoms with E-state index in [0.717, 1.165) is 17.7 Å². The van der Waals surface area contributed by atoms with Gasteiger partial charge in [0.25, 0.3) is 0 Å². The molecular formula is C18H19NO2. The number of carboxylic acids is 1. The van der Waals surface area contributed by atoms with Crippen LogP contribution in [0.2, 0.25) is 0 Å². The van der Waals surface area contributed by atoms with Crippen LogP contribution in [0, 0.1) is 5.41 Å². The first-order valence-electron chi connectivity index (χ1n) is 7.29. The molecule has 0 aliphatic carbocycles. The Bertz CT molecular complexity index is 639. The molecule has 1 unspecified atom stereocenters. The number of carbonyl (C=O) groups is 1. The van der Waals surface area contributed by atoms with Gasteiger partial charge in [-0.2, -0.15) is 0 Å². The third kappa shape index (κ3) is 2.77. The molecule has 21 heavy (non-hydrogen) atoms. The molecule has 0 fully saturated rings. The van der Waals surface area contributed by atoms with E-state index in [9.17, 15) is 9.90 Å². The number of hydrogen-bond donors (Lipinski definition) is 2. The third-order valence-corrected chi connectivity index (χ3v) is 4.35. The minimum atomic E-state index is -0.718. The SMILES string of the molecule is O=C(O)C1(CCc2ccccc2)CNc2ccccc2C1. The summed E-state index contributed by atoms with van der Waals surface area (Å²) in [5.41, 5.74) is 2.63. The van der Waals surface area contributed by atoms with Gasteiger partial charge in [-0.25, -0.2) is 0 Å². The van der Waals surface area contributed by atoms with Crippen LogP contribution in [0.15, 0.2) is 54.6 Å². The first-order valence-corrected chi connectivity index (χ1v) is 7.29. The van der Waals surface area contributed by atoms with Crippen molar-refractivity contribution in [2.45, 2.75) is 19.3 Å². The summed E-state index contributed by atoms with van der Waals surface area (Å²) in [4.78, 5) is 11.9. The molecule has 108 valence electrons. The number of benzene rings is 2. The summed E-state index contributed by atoms with van der Waals surface area (Å²) in [6.07, 6.45) is 2.03. The number of fused-ring (bicyclic) bond motifs is 1. The van der Waals surface area contributed by atoms with Gasteiger partial charge < -0.3 is 10.4 Å². The van der Waals surface area contributed by atoms with E-state index in [-0.39, 0.29) is 0 Å². The molecule has 1 aliphatic heterocycles. The third-order valence-electron chi connectivity index (χ3n) is 4.35. The first kappa shape index (κ1) is 13.7. The van der Waals surface area contributed by atoms with Crippen LogP contribution in [-0.2, 0) is 17.6 Å². The molecule has 0 amide bonds. The summed E-state index contributed by atoms with van der Waals surface area (Å²) in [6, 6.07) is 18.1. The molecule has 0 spiro atoms. The van der Waals surface area contributed by atoms with Crippen LogP contribution < -0.4 is 5.32 Å². The number of nitrogens with one attached hydrogen (secondary N) is 1. The fourth-order valence-electron chi connectivity index (χ4n) is 3.00. The van der Waals surface area contributed by atoms with Crippen molar-refractivity contribution >= 4 is 11.7 Å². The van der Waals surface area contributed by atoms with Gasteiger partial charge in [0.2, 0.25) is 0 Å². The summed E-state index contributed by atoms with van der Waals surface area (Å²) in [6.45, 7) is 0.492. The number of rotatable bonds is 4. The molecule has 0 aromatic heterocycles. The Labute approximate surface area is 124 Å². The standard InChI is InChI=1S/C18H19NO2/c20-17(21)18(11-10-14-6-2-1-3-7-14)12-15-8-4-5-9-16(15)19-13-18/h1-9,19H,10-13H2,(H,20,21). The van der Waals surface area contributed by atoms with Crippen LogP contribution >= 0.6 is 0 Å². The number of hydrogen-bond acceptors (Lipinski definition) is 2. The normalized spacial score (nSPS) is 20.4. The number of carboxylic acid groups (broad SMARTS) is 1. The van der Waals surface area contributed by atoms with E-state index in [4.69, 9.17) is 0 Å². The monoisotopic (exact) mass is 281 g/mol. The quantitative estimate of drug-likeness (QED) is 0.903. The summed E-state index contributed by atoms with van der Waals surface area (Å²) in [5, 5.41) is 13.0. The Balaban J connectivity index is 1.80. The van der Waals surface area contributed by atoms with Gasteiger partial charge in [0.15, 0.2) is 0 Å². The Morgan fingerprint density at radius 1 is 1.10 bits per heavy atom. The van der Waals surface area contributed by atoms with E-state index in [2.05, 4.69) is 17.4 Å². The van der Waals surface area contributed by atoms with Gasteiger partial charge in [0.05, 0.1) is 5.41 Å². The summed E-state index contributed by atoms with van der Waals surface area (Å²) in [5.74, 6) is -0.708. The molecule has 0 radical (unpaired) electrons. The molecule has 2 aromatic carbocycles. The Hall–Kier alpha value is -2.29. The molecule has 1 heterocycles. The second kappa shape index (κ2) is 5.60. The molecule has 2 N–H and O–H groups in total. The molecule has 1 atom stereocenters. The molecule has 0 saturated carbocycles. The lowest BCUT2D eigenvalue weighted by atomic mass is 9.74. The van der Waals surface area contributed by atoms with E-state index in [1.807, 2.05) is 42.5 Å². The van der Waals surface area contributed by atoms with Crippen LogP contribution in [0.3, 0.4) is 0 Å². The second-order valence-electron chi connectivity index (χ2n) is 5.76. The fourth-order valence-corrected chi connectivity index (χ4v) is 3.00. The zero-order chi connectivity index (χ0) is 14.7. The van der Waals surface area contributed by atoms with Crippen molar-refractivity contribution in [2.24, 2.45) is 5.41 Å². The lowest BCUT2D eigenvalue weighted by molar-refractivity contribution is -0.148. The number of aliphatic carboxylic acids is 1. The van der Waals surface area contributed by atoms with Gasteiger partial charge in [0.1, 0.15) is 0 Å².